The molecule has 36 heavy (non-hydrogen) atoms. The van der Waals surface area contributed by atoms with E-state index < -0.39 is 17.5 Å². The van der Waals surface area contributed by atoms with Gasteiger partial charge in [-0.3, -0.25) is 14.5 Å². The molecule has 4 N–H and O–H groups in total. The van der Waals surface area contributed by atoms with Gasteiger partial charge in [0.2, 0.25) is 5.91 Å². The number of fused-ring (bicyclic) bond motifs is 1. The zero-order valence-electron chi connectivity index (χ0n) is 21.1. The summed E-state index contributed by atoms with van der Waals surface area (Å²) in [7, 11) is 1.94. The van der Waals surface area contributed by atoms with Gasteiger partial charge in [0, 0.05) is 30.8 Å². The van der Waals surface area contributed by atoms with Crippen molar-refractivity contribution in [1.29, 1.82) is 0 Å². The summed E-state index contributed by atoms with van der Waals surface area (Å²) >= 11 is 0. The van der Waals surface area contributed by atoms with Crippen LogP contribution in [-0.2, 0) is 14.4 Å². The van der Waals surface area contributed by atoms with Gasteiger partial charge in [-0.25, -0.2) is 9.59 Å². The third kappa shape index (κ3) is 7.47. The third-order valence-corrected chi connectivity index (χ3v) is 6.48. The average molecular weight is 501 g/mol. The Balaban J connectivity index is 0.000000625. The van der Waals surface area contributed by atoms with Crippen LogP contribution >= 0.6 is 0 Å². The molecule has 0 aliphatic heterocycles. The number of carbonyl (C=O) groups excluding carboxylic acids is 2. The molecule has 0 radical (unpaired) electrons. The van der Waals surface area contributed by atoms with Gasteiger partial charge in [0.05, 0.1) is 12.1 Å². The van der Waals surface area contributed by atoms with Crippen LogP contribution in [0.25, 0.3) is 10.8 Å². The molecule has 196 valence electrons. The molecule has 0 aromatic heterocycles. The fraction of sp³-hybridized carbons (Fsp3) is 0.407. The molecule has 9 nitrogen and oxygen atoms in total. The lowest BCUT2D eigenvalue weighted by Crippen LogP contribution is -2.54. The predicted molar refractivity (Wildman–Crippen MR) is 138 cm³/mol. The van der Waals surface area contributed by atoms with E-state index in [1.165, 1.54) is 0 Å². The number of benzene rings is 2. The van der Waals surface area contributed by atoms with Gasteiger partial charge in [0.25, 0.3) is 0 Å². The molecule has 1 saturated carbocycles. The molecule has 1 amide bonds. The number of amides is 1. The van der Waals surface area contributed by atoms with E-state index >= 15 is 0 Å². The zero-order valence-corrected chi connectivity index (χ0v) is 21.1. The Kier molecular flexibility index (Phi) is 11.9. The van der Waals surface area contributed by atoms with Crippen molar-refractivity contribution in [3.63, 3.8) is 0 Å². The number of carboxylic acid groups (broad SMARTS) is 2. The minimum Gasteiger partial charge on any atom is -0.478 e. The van der Waals surface area contributed by atoms with Gasteiger partial charge in [-0.1, -0.05) is 55.3 Å². The van der Waals surface area contributed by atoms with Crippen LogP contribution in [0.5, 0.6) is 0 Å². The molecule has 0 spiro atoms. The zero-order chi connectivity index (χ0) is 26.0. The lowest BCUT2D eigenvalue weighted by molar-refractivity contribution is -0.134. The van der Waals surface area contributed by atoms with E-state index in [1.807, 2.05) is 73.2 Å². The van der Waals surface area contributed by atoms with Crippen molar-refractivity contribution in [1.82, 2.24) is 9.80 Å². The van der Waals surface area contributed by atoms with E-state index in [4.69, 9.17) is 10.2 Å². The highest BCUT2D eigenvalue weighted by Gasteiger charge is 2.45. The number of rotatable bonds is 9. The van der Waals surface area contributed by atoms with Gasteiger partial charge < -0.3 is 20.6 Å². The van der Waals surface area contributed by atoms with Crippen molar-refractivity contribution < 1.29 is 34.9 Å². The fourth-order valence-electron chi connectivity index (χ4n) is 4.59. The van der Waals surface area contributed by atoms with Gasteiger partial charge >= 0.3 is 11.9 Å². The first-order valence-corrected chi connectivity index (χ1v) is 11.8. The summed E-state index contributed by atoms with van der Waals surface area (Å²) in [6, 6.07) is 14.0. The van der Waals surface area contributed by atoms with Gasteiger partial charge in [0.15, 0.2) is 5.78 Å². The summed E-state index contributed by atoms with van der Waals surface area (Å²) in [4.78, 5) is 49.4. The van der Waals surface area contributed by atoms with Crippen LogP contribution < -0.4 is 0 Å². The lowest BCUT2D eigenvalue weighted by Gasteiger charge is -2.38. The monoisotopic (exact) mass is 500 g/mol. The van der Waals surface area contributed by atoms with Gasteiger partial charge in [-0.15, -0.1) is 0 Å². The van der Waals surface area contributed by atoms with Crippen molar-refractivity contribution in [2.24, 2.45) is 0 Å². The van der Waals surface area contributed by atoms with Crippen molar-refractivity contribution in [2.75, 3.05) is 26.7 Å². The summed E-state index contributed by atoms with van der Waals surface area (Å²) < 4.78 is 0. The molecule has 0 bridgehead atoms. The Bertz CT molecular complexity index is 1070. The number of carbonyl (C=O) groups is 4. The van der Waals surface area contributed by atoms with E-state index in [9.17, 15) is 19.2 Å². The first kappa shape index (κ1) is 30.5. The van der Waals surface area contributed by atoms with Gasteiger partial charge in [-0.05, 0) is 44.5 Å². The number of carboxylic acids is 2. The molecule has 2 aromatic carbocycles. The Morgan fingerprint density at radius 1 is 0.889 bits per heavy atom. The van der Waals surface area contributed by atoms with Gasteiger partial charge in [0.1, 0.15) is 0 Å². The maximum absolute atomic E-state index is 13.7. The molecule has 3 rings (SSSR count). The maximum atomic E-state index is 13.7. The number of ketones is 1. The van der Waals surface area contributed by atoms with Crippen LogP contribution in [0.4, 0.5) is 0 Å². The Labute approximate surface area is 211 Å². The van der Waals surface area contributed by atoms with Crippen LogP contribution in [-0.4, -0.2) is 81.3 Å². The van der Waals surface area contributed by atoms with Crippen LogP contribution in [0, 0.1) is 0 Å². The standard InChI is InChI=1S/C23H30N2O2.C4H4O4.H2O/c1-4-25(5-2)21(26)17-24(3)23(15-8-9-16-23)22(27)20-14-10-12-18-11-6-7-13-19(18)20;5-3(6)1-2-4(7)8;/h6-7,10-14H,4-5,8-9,15-17H2,1-3H3;1-2H,(H,5,6)(H,7,8);1H2. The second-order valence-electron chi connectivity index (χ2n) is 8.53. The number of hydrogen-bond donors (Lipinski definition) is 2. The predicted octanol–water partition coefficient (Wildman–Crippen LogP) is 3.02. The lowest BCUT2D eigenvalue weighted by atomic mass is 9.84. The fourth-order valence-corrected chi connectivity index (χ4v) is 4.59. The van der Waals surface area contributed by atoms with E-state index in [0.29, 0.717) is 25.2 Å². The maximum Gasteiger partial charge on any atom is 0.328 e. The van der Waals surface area contributed by atoms with Crippen molar-refractivity contribution in [3.8, 4) is 0 Å². The Morgan fingerprint density at radius 2 is 1.42 bits per heavy atom. The molecule has 0 atom stereocenters. The molecule has 1 fully saturated rings. The summed E-state index contributed by atoms with van der Waals surface area (Å²) in [6.07, 6.45) is 4.81. The SMILES string of the molecule is CCN(CC)C(=O)CN(C)C1(C(=O)c2cccc3ccccc23)CCCC1.O.O=C(O)C=CC(=O)O. The van der Waals surface area contributed by atoms with Crippen molar-refractivity contribution in [3.05, 3.63) is 60.2 Å². The molecule has 2 aromatic rings. The van der Waals surface area contributed by atoms with E-state index in [2.05, 4.69) is 0 Å². The largest absolute Gasteiger partial charge is 0.478 e. The minimum absolute atomic E-state index is 0. The highest BCUT2D eigenvalue weighted by atomic mass is 16.4. The van der Waals surface area contributed by atoms with Gasteiger partial charge in [-0.2, -0.15) is 0 Å². The van der Waals surface area contributed by atoms with Crippen LogP contribution in [0.1, 0.15) is 49.9 Å². The van der Waals surface area contributed by atoms with E-state index in [0.717, 1.165) is 42.0 Å². The molecule has 9 heteroatoms. The average Bonchev–Trinajstić information content (AvgIpc) is 3.34. The minimum atomic E-state index is -1.26. The molecule has 0 unspecified atom stereocenters. The number of nitrogens with zero attached hydrogens (tertiary/aromatic N) is 2. The van der Waals surface area contributed by atoms with Crippen molar-refractivity contribution in [2.45, 2.75) is 45.1 Å². The first-order chi connectivity index (χ1) is 16.7. The van der Waals surface area contributed by atoms with Crippen LogP contribution in [0.3, 0.4) is 0 Å². The quantitative estimate of drug-likeness (QED) is 0.397. The molecule has 0 heterocycles. The molecule has 1 aliphatic rings. The smallest absolute Gasteiger partial charge is 0.328 e. The Hall–Kier alpha value is -3.56. The topological polar surface area (TPSA) is 147 Å². The molecular weight excluding hydrogens is 464 g/mol. The summed E-state index contributed by atoms with van der Waals surface area (Å²) in [5.41, 5.74) is 0.199. The number of hydrogen-bond acceptors (Lipinski definition) is 5. The summed E-state index contributed by atoms with van der Waals surface area (Å²) in [6.45, 7) is 5.68. The highest BCUT2D eigenvalue weighted by molar-refractivity contribution is 6.12. The number of Topliss-reactive ketones (excluding diaryl/α,β-unsaturated/α-hetero) is 1. The van der Waals surface area contributed by atoms with Crippen molar-refractivity contribution >= 4 is 34.4 Å². The second-order valence-corrected chi connectivity index (χ2v) is 8.53. The summed E-state index contributed by atoms with van der Waals surface area (Å²) in [5, 5.41) is 17.7. The van der Waals surface area contributed by atoms with Crippen LogP contribution in [0.15, 0.2) is 54.6 Å². The van der Waals surface area contributed by atoms with Crippen LogP contribution in [0.2, 0.25) is 0 Å². The summed E-state index contributed by atoms with van der Waals surface area (Å²) in [5.74, 6) is -2.26. The molecule has 0 saturated heterocycles. The number of aliphatic carboxylic acids is 2. The van der Waals surface area contributed by atoms with E-state index in [-0.39, 0.29) is 23.7 Å². The normalized spacial score (nSPS) is 14.1. The second kappa shape index (κ2) is 14.1. The highest BCUT2D eigenvalue weighted by Crippen LogP contribution is 2.38. The third-order valence-electron chi connectivity index (χ3n) is 6.48. The Morgan fingerprint density at radius 3 is 1.94 bits per heavy atom. The van der Waals surface area contributed by atoms with E-state index in [1.54, 1.807) is 0 Å². The first-order valence-electron chi connectivity index (χ1n) is 11.8. The molecular formula is C27H36N2O7. The number of likely N-dealkylation sites (N-methyl/N-ethyl adjacent to an activating group) is 2. The molecule has 1 aliphatic carbocycles.